The molecule has 0 radical (unpaired) electrons. The maximum absolute atomic E-state index is 11.7. The lowest BCUT2D eigenvalue weighted by Crippen LogP contribution is -2.05. The maximum atomic E-state index is 11.7. The number of thiazole rings is 1. The normalized spacial score (nSPS) is 11.0. The molecule has 3 aromatic rings. The van der Waals surface area contributed by atoms with E-state index in [-0.39, 0.29) is 12.6 Å². The molecule has 0 N–H and O–H groups in total. The smallest absolute Gasteiger partial charge is 0.306 e. The van der Waals surface area contributed by atoms with Crippen molar-refractivity contribution in [3.63, 3.8) is 0 Å². The van der Waals surface area contributed by atoms with Crippen LogP contribution in [0.4, 0.5) is 0 Å². The van der Waals surface area contributed by atoms with Crippen LogP contribution in [-0.2, 0) is 22.6 Å². The van der Waals surface area contributed by atoms with Gasteiger partial charge in [0.05, 0.1) is 15.2 Å². The van der Waals surface area contributed by atoms with Crippen LogP contribution in [0.25, 0.3) is 10.2 Å². The number of carbonyl (C=O) groups is 1. The van der Waals surface area contributed by atoms with Gasteiger partial charge in [-0.2, -0.15) is 4.98 Å². The summed E-state index contributed by atoms with van der Waals surface area (Å²) in [6, 6.07) is 8.02. The molecule has 0 bridgehead atoms. The quantitative estimate of drug-likeness (QED) is 0.650. The molecule has 0 amide bonds. The molecule has 0 aliphatic carbocycles. The van der Waals surface area contributed by atoms with Gasteiger partial charge in [-0.3, -0.25) is 4.79 Å². The Hall–Kier alpha value is -2.28. The second-order valence-electron chi connectivity index (χ2n) is 4.82. The van der Waals surface area contributed by atoms with E-state index in [0.29, 0.717) is 24.6 Å². The highest BCUT2D eigenvalue weighted by Crippen LogP contribution is 2.22. The van der Waals surface area contributed by atoms with Crippen molar-refractivity contribution >= 4 is 27.5 Å². The second kappa shape index (κ2) is 6.65. The molecule has 0 aliphatic rings. The van der Waals surface area contributed by atoms with Gasteiger partial charge in [0.15, 0.2) is 12.4 Å². The Morgan fingerprint density at radius 3 is 2.95 bits per heavy atom. The van der Waals surface area contributed by atoms with Gasteiger partial charge in [-0.25, -0.2) is 4.98 Å². The Balaban J connectivity index is 1.43. The Morgan fingerprint density at radius 1 is 1.32 bits per heavy atom. The zero-order chi connectivity index (χ0) is 15.4. The first-order valence-corrected chi connectivity index (χ1v) is 7.81. The molecule has 2 heterocycles. The highest BCUT2D eigenvalue weighted by Gasteiger charge is 2.09. The molecule has 0 aliphatic heterocycles. The molecule has 0 spiro atoms. The highest BCUT2D eigenvalue weighted by molar-refractivity contribution is 7.18. The number of rotatable bonds is 6. The molecule has 0 fully saturated rings. The molecule has 3 rings (SSSR count). The summed E-state index contributed by atoms with van der Waals surface area (Å²) < 4.78 is 11.1. The van der Waals surface area contributed by atoms with Gasteiger partial charge in [-0.05, 0) is 31.9 Å². The van der Waals surface area contributed by atoms with Gasteiger partial charge in [-0.1, -0.05) is 17.3 Å². The van der Waals surface area contributed by atoms with Gasteiger partial charge in [0.1, 0.15) is 0 Å². The lowest BCUT2D eigenvalue weighted by molar-refractivity contribution is -0.145. The van der Waals surface area contributed by atoms with Crippen molar-refractivity contribution in [2.45, 2.75) is 32.8 Å². The lowest BCUT2D eigenvalue weighted by atomic mass is 10.2. The molecule has 2 aromatic heterocycles. The first kappa shape index (κ1) is 14.6. The number of esters is 1. The SMILES string of the molecule is Cc1noc(COC(=O)CCCc2nc3ccccc3s2)n1. The molecule has 1 aromatic carbocycles. The summed E-state index contributed by atoms with van der Waals surface area (Å²) in [4.78, 5) is 20.2. The fraction of sp³-hybridized carbons (Fsp3) is 0.333. The number of hydrogen-bond acceptors (Lipinski definition) is 7. The summed E-state index contributed by atoms with van der Waals surface area (Å²) in [7, 11) is 0. The Bertz CT molecular complexity index is 748. The fourth-order valence-electron chi connectivity index (χ4n) is 2.02. The minimum Gasteiger partial charge on any atom is -0.456 e. The van der Waals surface area contributed by atoms with Gasteiger partial charge in [0, 0.05) is 6.42 Å². The number of fused-ring (bicyclic) bond motifs is 1. The molecule has 0 atom stereocenters. The number of carbonyl (C=O) groups excluding carboxylic acids is 1. The molecular weight excluding hydrogens is 302 g/mol. The number of para-hydroxylation sites is 1. The number of hydrogen-bond donors (Lipinski definition) is 0. The fourth-order valence-corrected chi connectivity index (χ4v) is 3.03. The van der Waals surface area contributed by atoms with Gasteiger partial charge in [0.2, 0.25) is 0 Å². The molecule has 114 valence electrons. The molecule has 0 unspecified atom stereocenters. The van der Waals surface area contributed by atoms with E-state index in [0.717, 1.165) is 16.9 Å². The van der Waals surface area contributed by atoms with E-state index in [1.807, 2.05) is 18.2 Å². The summed E-state index contributed by atoms with van der Waals surface area (Å²) in [6.45, 7) is 1.74. The molecule has 7 heteroatoms. The number of nitrogens with zero attached hydrogens (tertiary/aromatic N) is 3. The van der Waals surface area contributed by atoms with E-state index in [1.165, 1.54) is 4.70 Å². The van der Waals surface area contributed by atoms with E-state index in [2.05, 4.69) is 21.2 Å². The Labute approximate surface area is 131 Å². The van der Waals surface area contributed by atoms with Crippen LogP contribution >= 0.6 is 11.3 Å². The van der Waals surface area contributed by atoms with E-state index in [1.54, 1.807) is 18.3 Å². The summed E-state index contributed by atoms with van der Waals surface area (Å²) in [5.41, 5.74) is 1.01. The van der Waals surface area contributed by atoms with Crippen molar-refractivity contribution in [3.05, 3.63) is 41.0 Å². The zero-order valence-electron chi connectivity index (χ0n) is 12.1. The predicted octanol–water partition coefficient (Wildman–Crippen LogP) is 3.05. The van der Waals surface area contributed by atoms with Gasteiger partial charge >= 0.3 is 5.97 Å². The largest absolute Gasteiger partial charge is 0.456 e. The van der Waals surface area contributed by atoms with E-state index >= 15 is 0 Å². The zero-order valence-corrected chi connectivity index (χ0v) is 12.9. The van der Waals surface area contributed by atoms with Crippen molar-refractivity contribution in [2.24, 2.45) is 0 Å². The van der Waals surface area contributed by atoms with Gasteiger partial charge in [0.25, 0.3) is 5.89 Å². The minimum atomic E-state index is -0.267. The Morgan fingerprint density at radius 2 is 2.18 bits per heavy atom. The van der Waals surface area contributed by atoms with Crippen molar-refractivity contribution in [2.75, 3.05) is 0 Å². The van der Waals surface area contributed by atoms with Crippen molar-refractivity contribution in [1.29, 1.82) is 0 Å². The van der Waals surface area contributed by atoms with Crippen LogP contribution in [0.3, 0.4) is 0 Å². The van der Waals surface area contributed by atoms with Crippen LogP contribution in [0.2, 0.25) is 0 Å². The van der Waals surface area contributed by atoms with E-state index in [9.17, 15) is 4.79 Å². The first-order valence-electron chi connectivity index (χ1n) is 7.00. The average Bonchev–Trinajstić information content (AvgIpc) is 3.10. The number of benzene rings is 1. The van der Waals surface area contributed by atoms with Crippen molar-refractivity contribution < 1.29 is 14.1 Å². The summed E-state index contributed by atoms with van der Waals surface area (Å²) in [5.74, 6) is 0.580. The average molecular weight is 317 g/mol. The number of aromatic nitrogens is 3. The summed E-state index contributed by atoms with van der Waals surface area (Å²) in [6.07, 6.45) is 1.83. The van der Waals surface area contributed by atoms with Crippen LogP contribution in [0.15, 0.2) is 28.8 Å². The van der Waals surface area contributed by atoms with Gasteiger partial charge < -0.3 is 9.26 Å². The lowest BCUT2D eigenvalue weighted by Gasteiger charge is -2.00. The molecule has 22 heavy (non-hydrogen) atoms. The molecule has 0 saturated carbocycles. The van der Waals surface area contributed by atoms with Crippen LogP contribution in [0.1, 0.15) is 29.6 Å². The van der Waals surface area contributed by atoms with Gasteiger partial charge in [-0.15, -0.1) is 11.3 Å². The molecular formula is C15H15N3O3S. The number of ether oxygens (including phenoxy) is 1. The van der Waals surface area contributed by atoms with Crippen LogP contribution in [0.5, 0.6) is 0 Å². The standard InChI is InChI=1S/C15H15N3O3S/c1-10-16-13(21-18-10)9-20-15(19)8-4-7-14-17-11-5-2-3-6-12(11)22-14/h2-3,5-6H,4,7-9H2,1H3. The minimum absolute atomic E-state index is 0.0286. The van der Waals surface area contributed by atoms with Crippen LogP contribution < -0.4 is 0 Å². The van der Waals surface area contributed by atoms with E-state index < -0.39 is 0 Å². The topological polar surface area (TPSA) is 78.1 Å². The highest BCUT2D eigenvalue weighted by atomic mass is 32.1. The molecule has 0 saturated heterocycles. The second-order valence-corrected chi connectivity index (χ2v) is 5.94. The monoisotopic (exact) mass is 317 g/mol. The van der Waals surface area contributed by atoms with Crippen molar-refractivity contribution in [1.82, 2.24) is 15.1 Å². The van der Waals surface area contributed by atoms with E-state index in [4.69, 9.17) is 9.26 Å². The molecule has 6 nitrogen and oxygen atoms in total. The first-order chi connectivity index (χ1) is 10.7. The third-order valence-electron chi connectivity index (χ3n) is 3.04. The van der Waals surface area contributed by atoms with Crippen molar-refractivity contribution in [3.8, 4) is 0 Å². The Kier molecular flexibility index (Phi) is 4.43. The summed E-state index contributed by atoms with van der Waals surface area (Å²) >= 11 is 1.67. The summed E-state index contributed by atoms with van der Waals surface area (Å²) in [5, 5.41) is 4.68. The van der Waals surface area contributed by atoms with Crippen LogP contribution in [0, 0.1) is 6.92 Å². The third kappa shape index (κ3) is 3.67. The maximum Gasteiger partial charge on any atom is 0.306 e. The predicted molar refractivity (Wildman–Crippen MR) is 81.4 cm³/mol. The van der Waals surface area contributed by atoms with Crippen LogP contribution in [-0.4, -0.2) is 21.1 Å². The number of aryl methyl sites for hydroxylation is 2. The third-order valence-corrected chi connectivity index (χ3v) is 4.13.